The fraction of sp³-hybridized carbons (Fsp3) is 0.500. The molecule has 0 amide bonds. The lowest BCUT2D eigenvalue weighted by atomic mass is 10.1. The Morgan fingerprint density at radius 3 is 2.62 bits per heavy atom. The fourth-order valence-corrected chi connectivity index (χ4v) is 2.31. The number of aromatic nitrogens is 1. The second kappa shape index (κ2) is 5.75. The van der Waals surface area contributed by atoms with Gasteiger partial charge in [0, 0.05) is 12.7 Å². The number of nitrogens with one attached hydrogen (secondary N) is 1. The Hall–Kier alpha value is -0.460. The molecular formula is C10H15BrN2O2S. The molecule has 6 heteroatoms. The minimum absolute atomic E-state index is 0.194. The molecule has 90 valence electrons. The molecule has 0 atom stereocenters. The zero-order valence-electron chi connectivity index (χ0n) is 9.27. The standard InChI is InChI=1S/C10H15BrN2O2S/c1-8(2)5-6-13-16(14,15)9-3-4-10(11)12-7-9/h3-4,7-8,13H,5-6H2,1-2H3. The van der Waals surface area contributed by atoms with Crippen molar-refractivity contribution in [3.63, 3.8) is 0 Å². The number of pyridine rings is 1. The molecule has 1 aromatic heterocycles. The Morgan fingerprint density at radius 2 is 2.12 bits per heavy atom. The number of hydrogen-bond donors (Lipinski definition) is 1. The van der Waals surface area contributed by atoms with Crippen LogP contribution in [0.2, 0.25) is 0 Å². The summed E-state index contributed by atoms with van der Waals surface area (Å²) in [6.45, 7) is 4.56. The van der Waals surface area contributed by atoms with Gasteiger partial charge in [0.25, 0.3) is 0 Å². The third-order valence-electron chi connectivity index (χ3n) is 2.02. The van der Waals surface area contributed by atoms with E-state index in [9.17, 15) is 8.42 Å². The van der Waals surface area contributed by atoms with E-state index in [1.54, 1.807) is 6.07 Å². The highest BCUT2D eigenvalue weighted by atomic mass is 79.9. The van der Waals surface area contributed by atoms with Gasteiger partial charge in [0.15, 0.2) is 0 Å². The Balaban J connectivity index is 2.67. The average Bonchev–Trinajstić information content (AvgIpc) is 2.17. The predicted octanol–water partition coefficient (Wildman–Crippen LogP) is 2.17. The maximum absolute atomic E-state index is 11.8. The second-order valence-electron chi connectivity index (χ2n) is 3.90. The zero-order chi connectivity index (χ0) is 12.2. The van der Waals surface area contributed by atoms with Gasteiger partial charge in [-0.1, -0.05) is 13.8 Å². The molecule has 0 spiro atoms. The van der Waals surface area contributed by atoms with Crippen molar-refractivity contribution in [1.82, 2.24) is 9.71 Å². The molecule has 0 aromatic carbocycles. The monoisotopic (exact) mass is 306 g/mol. The van der Waals surface area contributed by atoms with E-state index in [0.717, 1.165) is 6.42 Å². The molecule has 0 saturated carbocycles. The molecule has 1 aromatic rings. The van der Waals surface area contributed by atoms with Gasteiger partial charge in [0.05, 0.1) is 0 Å². The summed E-state index contributed by atoms with van der Waals surface area (Å²) in [5.41, 5.74) is 0. The summed E-state index contributed by atoms with van der Waals surface area (Å²) < 4.78 is 26.7. The highest BCUT2D eigenvalue weighted by molar-refractivity contribution is 9.10. The number of nitrogens with zero attached hydrogens (tertiary/aromatic N) is 1. The van der Waals surface area contributed by atoms with Crippen LogP contribution < -0.4 is 4.72 Å². The van der Waals surface area contributed by atoms with Gasteiger partial charge in [-0.15, -0.1) is 0 Å². The molecule has 0 aliphatic heterocycles. The van der Waals surface area contributed by atoms with Crippen molar-refractivity contribution >= 4 is 26.0 Å². The van der Waals surface area contributed by atoms with Crippen LogP contribution in [-0.4, -0.2) is 19.9 Å². The SMILES string of the molecule is CC(C)CCNS(=O)(=O)c1ccc(Br)nc1. The summed E-state index contributed by atoms with van der Waals surface area (Å²) in [6.07, 6.45) is 2.16. The number of halogens is 1. The van der Waals surface area contributed by atoms with Crippen LogP contribution in [0.15, 0.2) is 27.8 Å². The molecule has 4 nitrogen and oxygen atoms in total. The quantitative estimate of drug-likeness (QED) is 0.848. The molecular weight excluding hydrogens is 292 g/mol. The van der Waals surface area contributed by atoms with Gasteiger partial charge in [0.2, 0.25) is 10.0 Å². The van der Waals surface area contributed by atoms with E-state index in [1.165, 1.54) is 12.3 Å². The molecule has 0 unspecified atom stereocenters. The van der Waals surface area contributed by atoms with Crippen LogP contribution in [0.3, 0.4) is 0 Å². The van der Waals surface area contributed by atoms with Crippen LogP contribution in [0.1, 0.15) is 20.3 Å². The van der Waals surface area contributed by atoms with Gasteiger partial charge >= 0.3 is 0 Å². The van der Waals surface area contributed by atoms with Gasteiger partial charge in [-0.2, -0.15) is 0 Å². The maximum Gasteiger partial charge on any atom is 0.242 e. The smallest absolute Gasteiger partial charge is 0.242 e. The summed E-state index contributed by atoms with van der Waals surface area (Å²) in [7, 11) is -3.41. The summed E-state index contributed by atoms with van der Waals surface area (Å²) >= 11 is 3.16. The van der Waals surface area contributed by atoms with Crippen molar-refractivity contribution in [2.45, 2.75) is 25.2 Å². The largest absolute Gasteiger partial charge is 0.248 e. The molecule has 0 aliphatic rings. The molecule has 1 N–H and O–H groups in total. The van der Waals surface area contributed by atoms with Gasteiger partial charge in [-0.05, 0) is 40.4 Å². The first-order chi connectivity index (χ1) is 7.42. The van der Waals surface area contributed by atoms with E-state index in [-0.39, 0.29) is 4.90 Å². The van der Waals surface area contributed by atoms with Crippen LogP contribution in [0.25, 0.3) is 0 Å². The van der Waals surface area contributed by atoms with Gasteiger partial charge < -0.3 is 0 Å². The van der Waals surface area contributed by atoms with Crippen molar-refractivity contribution in [1.29, 1.82) is 0 Å². The van der Waals surface area contributed by atoms with Gasteiger partial charge in [0.1, 0.15) is 9.50 Å². The predicted molar refractivity (Wildman–Crippen MR) is 66.6 cm³/mol. The maximum atomic E-state index is 11.8. The minimum Gasteiger partial charge on any atom is -0.248 e. The van der Waals surface area contributed by atoms with Gasteiger partial charge in [-0.25, -0.2) is 18.1 Å². The van der Waals surface area contributed by atoms with Crippen molar-refractivity contribution in [3.05, 3.63) is 22.9 Å². The van der Waals surface area contributed by atoms with Crippen molar-refractivity contribution in [2.75, 3.05) is 6.54 Å². The van der Waals surface area contributed by atoms with Crippen molar-refractivity contribution in [3.8, 4) is 0 Å². The Kier molecular flexibility index (Phi) is 4.89. The van der Waals surface area contributed by atoms with Crippen LogP contribution >= 0.6 is 15.9 Å². The average molecular weight is 307 g/mol. The summed E-state index contributed by atoms with van der Waals surface area (Å²) in [4.78, 5) is 4.08. The molecule has 1 heterocycles. The molecule has 0 radical (unpaired) electrons. The molecule has 0 saturated heterocycles. The van der Waals surface area contributed by atoms with Crippen molar-refractivity contribution < 1.29 is 8.42 Å². The zero-order valence-corrected chi connectivity index (χ0v) is 11.7. The first-order valence-corrected chi connectivity index (χ1v) is 7.30. The highest BCUT2D eigenvalue weighted by Crippen LogP contribution is 2.11. The third-order valence-corrected chi connectivity index (χ3v) is 3.94. The van der Waals surface area contributed by atoms with E-state index < -0.39 is 10.0 Å². The van der Waals surface area contributed by atoms with Crippen LogP contribution in [-0.2, 0) is 10.0 Å². The number of hydrogen-bond acceptors (Lipinski definition) is 3. The number of sulfonamides is 1. The van der Waals surface area contributed by atoms with E-state index >= 15 is 0 Å². The van der Waals surface area contributed by atoms with Gasteiger partial charge in [-0.3, -0.25) is 0 Å². The first kappa shape index (κ1) is 13.6. The molecule has 0 aliphatic carbocycles. The Labute approximate surface area is 105 Å². The van der Waals surface area contributed by atoms with E-state index in [4.69, 9.17) is 0 Å². The van der Waals surface area contributed by atoms with Crippen LogP contribution in [0.5, 0.6) is 0 Å². The third kappa shape index (κ3) is 4.19. The van der Waals surface area contributed by atoms with E-state index in [2.05, 4.69) is 39.5 Å². The summed E-state index contributed by atoms with van der Waals surface area (Å²) in [5, 5.41) is 0. The minimum atomic E-state index is -3.41. The Morgan fingerprint density at radius 1 is 1.44 bits per heavy atom. The highest BCUT2D eigenvalue weighted by Gasteiger charge is 2.13. The summed E-state index contributed by atoms with van der Waals surface area (Å²) in [5.74, 6) is 0.478. The van der Waals surface area contributed by atoms with E-state index in [0.29, 0.717) is 17.1 Å². The van der Waals surface area contributed by atoms with E-state index in [1.807, 2.05) is 0 Å². The fourth-order valence-electron chi connectivity index (χ4n) is 1.09. The topological polar surface area (TPSA) is 59.1 Å². The molecule has 0 fully saturated rings. The van der Waals surface area contributed by atoms with Crippen molar-refractivity contribution in [2.24, 2.45) is 5.92 Å². The lowest BCUT2D eigenvalue weighted by Crippen LogP contribution is -2.25. The Bertz CT molecular complexity index is 429. The molecule has 16 heavy (non-hydrogen) atoms. The first-order valence-electron chi connectivity index (χ1n) is 5.03. The number of rotatable bonds is 5. The van der Waals surface area contributed by atoms with Crippen LogP contribution in [0.4, 0.5) is 0 Å². The molecule has 0 bridgehead atoms. The lowest BCUT2D eigenvalue weighted by molar-refractivity contribution is 0.551. The normalized spacial score (nSPS) is 12.0. The summed E-state index contributed by atoms with van der Waals surface area (Å²) in [6, 6.07) is 3.13. The lowest BCUT2D eigenvalue weighted by Gasteiger charge is -2.07. The molecule has 1 rings (SSSR count). The van der Waals surface area contributed by atoms with Crippen LogP contribution in [0, 0.1) is 5.92 Å². The second-order valence-corrected chi connectivity index (χ2v) is 6.48.